The molecule has 0 saturated carbocycles. The molecule has 0 amide bonds. The molecule has 4 heavy (non-hydrogen) atoms. The van der Waals surface area contributed by atoms with Gasteiger partial charge >= 0.3 is 0 Å². The van der Waals surface area contributed by atoms with Gasteiger partial charge in [-0.25, -0.2) is 0 Å². The molecule has 0 bridgehead atoms. The van der Waals surface area contributed by atoms with E-state index < -0.39 is 0 Å². The molecule has 0 fully saturated rings. The summed E-state index contributed by atoms with van der Waals surface area (Å²) in [6.07, 6.45) is 0. The second-order valence-corrected chi connectivity index (χ2v) is 0. The van der Waals surface area contributed by atoms with Gasteiger partial charge in [0.1, 0.15) is 0 Å². The summed E-state index contributed by atoms with van der Waals surface area (Å²) in [4.78, 5) is 0. The van der Waals surface area contributed by atoms with E-state index in [2.05, 4.69) is 0 Å². The molecule has 0 N–H and O–H groups in total. The normalized spacial score (nSPS) is 0. The van der Waals surface area contributed by atoms with Gasteiger partial charge in [0, 0.05) is 79.3 Å². The molecule has 0 nitrogen and oxygen atoms in total. The maximum Gasteiger partial charge on any atom is 0 e. The average molecular weight is 432 g/mol. The van der Waals surface area contributed by atoms with Crippen LogP contribution in [0.1, 0.15) is 0 Å². The van der Waals surface area contributed by atoms with E-state index in [1.165, 1.54) is 0 Å². The first-order valence-electron chi connectivity index (χ1n) is 0. The van der Waals surface area contributed by atoms with E-state index >= 15 is 0 Å². The molecule has 0 aromatic rings. The van der Waals surface area contributed by atoms with Crippen LogP contribution in [0.4, 0.5) is 0 Å². The zero-order valence-electron chi connectivity index (χ0n) is 1.63. The molecule has 0 saturated heterocycles. The van der Waals surface area contributed by atoms with Crippen LogP contribution in [0.5, 0.6) is 0 Å². The monoisotopic (exact) mass is 430 g/mol. The molecule has 0 aromatic heterocycles. The van der Waals surface area contributed by atoms with Crippen molar-refractivity contribution in [3.05, 3.63) is 0 Å². The van der Waals surface area contributed by atoms with Crippen molar-refractivity contribution in [2.75, 3.05) is 0 Å². The fourth-order valence-electron chi connectivity index (χ4n) is 0. The van der Waals surface area contributed by atoms with E-state index in [1.54, 1.807) is 0 Å². The molecule has 0 rings (SSSR count). The molecular formula is AuCuPdZn. The van der Waals surface area contributed by atoms with Gasteiger partial charge in [-0.3, -0.25) is 0 Å². The molecule has 0 aliphatic rings. The summed E-state index contributed by atoms with van der Waals surface area (Å²) in [5.41, 5.74) is 0. The summed E-state index contributed by atoms with van der Waals surface area (Å²) in [5.74, 6) is 0. The van der Waals surface area contributed by atoms with Crippen LogP contribution in [0.15, 0.2) is 0 Å². The van der Waals surface area contributed by atoms with Crippen molar-refractivity contribution in [2.45, 2.75) is 0 Å². The van der Waals surface area contributed by atoms with Crippen LogP contribution in [0, 0.1) is 0 Å². The van der Waals surface area contributed by atoms with E-state index in [0.29, 0.717) is 0 Å². The third-order valence-electron chi connectivity index (χ3n) is 0. The van der Waals surface area contributed by atoms with Gasteiger partial charge in [0.25, 0.3) is 0 Å². The first-order valence-corrected chi connectivity index (χ1v) is 0. The third-order valence-corrected chi connectivity index (χ3v) is 0. The van der Waals surface area contributed by atoms with Crippen molar-refractivity contribution in [2.24, 2.45) is 0 Å². The average Bonchev–Trinajstić information content (AvgIpc) is 0. The minimum atomic E-state index is 0. The van der Waals surface area contributed by atoms with Crippen LogP contribution in [0.3, 0.4) is 0 Å². The Bertz CT molecular complexity index is 8.00. The van der Waals surface area contributed by atoms with Gasteiger partial charge in [-0.1, -0.05) is 0 Å². The second kappa shape index (κ2) is 17.7. The summed E-state index contributed by atoms with van der Waals surface area (Å²) in [5, 5.41) is 0. The van der Waals surface area contributed by atoms with E-state index in [1.807, 2.05) is 0 Å². The van der Waals surface area contributed by atoms with Crippen molar-refractivity contribution in [3.63, 3.8) is 0 Å². The predicted octanol–water partition coefficient (Wildman–Crippen LogP) is -0.0100. The van der Waals surface area contributed by atoms with Crippen molar-refractivity contribution in [1.82, 2.24) is 0 Å². The molecule has 0 aromatic carbocycles. The topological polar surface area (TPSA) is 0 Å². The van der Waals surface area contributed by atoms with Crippen molar-refractivity contribution in [3.8, 4) is 0 Å². The Morgan fingerprint density at radius 2 is 1.00 bits per heavy atom. The quantitative estimate of drug-likeness (QED) is 0.473. The molecule has 0 heterocycles. The molecule has 2 radical (unpaired) electrons. The second-order valence-electron chi connectivity index (χ2n) is 0. The van der Waals surface area contributed by atoms with Gasteiger partial charge in [0.05, 0.1) is 0 Å². The van der Waals surface area contributed by atoms with E-state index in [4.69, 9.17) is 0 Å². The molecule has 4 heteroatoms. The smallest absolute Gasteiger partial charge is 0 e. The van der Waals surface area contributed by atoms with Gasteiger partial charge in [-0.2, -0.15) is 0 Å². The van der Waals surface area contributed by atoms with Crippen LogP contribution in [0.25, 0.3) is 0 Å². The fraction of sp³-hybridized carbons (Fsp3) is 0. The van der Waals surface area contributed by atoms with Crippen LogP contribution in [-0.4, -0.2) is 0 Å². The van der Waals surface area contributed by atoms with Crippen LogP contribution in [0.2, 0.25) is 0 Å². The van der Waals surface area contributed by atoms with Crippen molar-refractivity contribution >= 4 is 0 Å². The molecular weight excluding hydrogens is 432 g/mol. The Morgan fingerprint density at radius 1 is 1.00 bits per heavy atom. The summed E-state index contributed by atoms with van der Waals surface area (Å²) < 4.78 is 0. The number of rotatable bonds is 0. The standard InChI is InChI=1S/Au.Cu.Pd.Zn. The first kappa shape index (κ1) is 31.1. The molecule has 0 spiro atoms. The number of hydrogen-bond acceptors (Lipinski definition) is 0. The van der Waals surface area contributed by atoms with Gasteiger partial charge in [-0.05, 0) is 0 Å². The Hall–Kier alpha value is 2.55. The minimum absolute atomic E-state index is 0. The zero-order chi connectivity index (χ0) is 0. The van der Waals surface area contributed by atoms with Crippen molar-refractivity contribution in [1.29, 1.82) is 0 Å². The molecule has 34 valence electrons. The number of hydrogen-bond donors (Lipinski definition) is 0. The fourth-order valence-corrected chi connectivity index (χ4v) is 0. The van der Waals surface area contributed by atoms with Gasteiger partial charge in [-0.15, -0.1) is 0 Å². The minimum Gasteiger partial charge on any atom is 0 e. The summed E-state index contributed by atoms with van der Waals surface area (Å²) in [7, 11) is 0. The Morgan fingerprint density at radius 3 is 1.00 bits per heavy atom. The largest absolute Gasteiger partial charge is 0 e. The maximum atomic E-state index is 0. The Kier molecular flexibility index (Phi) is 137. The van der Waals surface area contributed by atoms with E-state index in [9.17, 15) is 0 Å². The van der Waals surface area contributed by atoms with Gasteiger partial charge < -0.3 is 0 Å². The molecule has 0 aliphatic carbocycles. The molecule has 0 unspecified atom stereocenters. The Balaban J connectivity index is 0. The van der Waals surface area contributed by atoms with Gasteiger partial charge in [0.2, 0.25) is 0 Å². The first-order chi connectivity index (χ1) is 0. The maximum absolute atomic E-state index is 0. The van der Waals surface area contributed by atoms with Crippen LogP contribution in [-0.2, 0) is 79.3 Å². The Labute approximate surface area is 78.3 Å². The molecule has 0 atom stereocenters. The van der Waals surface area contributed by atoms with Crippen LogP contribution < -0.4 is 0 Å². The summed E-state index contributed by atoms with van der Waals surface area (Å²) >= 11 is 0. The van der Waals surface area contributed by atoms with E-state index in [-0.39, 0.29) is 79.3 Å². The third kappa shape index (κ3) is 8.82. The van der Waals surface area contributed by atoms with E-state index in [0.717, 1.165) is 0 Å². The molecule has 0 aliphatic heterocycles. The zero-order valence-corrected chi connectivity index (χ0v) is 9.26. The summed E-state index contributed by atoms with van der Waals surface area (Å²) in [6, 6.07) is 0. The van der Waals surface area contributed by atoms with Gasteiger partial charge in [0.15, 0.2) is 0 Å². The predicted molar refractivity (Wildman–Crippen MR) is 0 cm³/mol. The van der Waals surface area contributed by atoms with Crippen molar-refractivity contribution < 1.29 is 79.3 Å². The SMILES string of the molecule is [Au].[Cu].[Pd].[Zn]. The summed E-state index contributed by atoms with van der Waals surface area (Å²) in [6.45, 7) is 0. The van der Waals surface area contributed by atoms with Crippen LogP contribution >= 0.6 is 0 Å².